The highest BCUT2D eigenvalue weighted by atomic mass is 17.2. The molecule has 0 saturated carbocycles. The van der Waals surface area contributed by atoms with Crippen molar-refractivity contribution < 1.29 is 24.5 Å². The average Bonchev–Trinajstić information content (AvgIpc) is 2.02. The molecule has 0 aromatic rings. The minimum absolute atomic E-state index is 0.319. The summed E-state index contributed by atoms with van der Waals surface area (Å²) in [5.41, 5.74) is 0. The van der Waals surface area contributed by atoms with Crippen molar-refractivity contribution in [2.45, 2.75) is 32.6 Å². The van der Waals surface area contributed by atoms with E-state index in [1.807, 2.05) is 6.92 Å². The highest BCUT2D eigenvalue weighted by molar-refractivity contribution is 5.89. The van der Waals surface area contributed by atoms with E-state index in [0.29, 0.717) is 6.61 Å². The summed E-state index contributed by atoms with van der Waals surface area (Å²) in [5.74, 6) is -2.09. The van der Waals surface area contributed by atoms with Crippen LogP contribution in [0.25, 0.3) is 0 Å². The van der Waals surface area contributed by atoms with E-state index < -0.39 is 18.4 Å². The summed E-state index contributed by atoms with van der Waals surface area (Å²) in [6.45, 7) is 2.36. The fourth-order valence-electron chi connectivity index (χ4n) is 0.671. The predicted molar refractivity (Wildman–Crippen MR) is 43.8 cm³/mol. The first-order valence-corrected chi connectivity index (χ1v) is 4.21. The maximum atomic E-state index is 10.6. The van der Waals surface area contributed by atoms with Gasteiger partial charge in [-0.1, -0.05) is 19.8 Å². The third-order valence-corrected chi connectivity index (χ3v) is 1.28. The molecule has 0 radical (unpaired) electrons. The Kier molecular flexibility index (Phi) is 6.91. The van der Waals surface area contributed by atoms with E-state index in [9.17, 15) is 9.59 Å². The van der Waals surface area contributed by atoms with Crippen LogP contribution >= 0.6 is 0 Å². The first-order chi connectivity index (χ1) is 6.16. The molecular formula is C8H14O5. The van der Waals surface area contributed by atoms with E-state index in [-0.39, 0.29) is 0 Å². The van der Waals surface area contributed by atoms with Crippen LogP contribution in [-0.4, -0.2) is 23.7 Å². The van der Waals surface area contributed by atoms with E-state index in [1.165, 1.54) is 0 Å². The van der Waals surface area contributed by atoms with Gasteiger partial charge >= 0.3 is 11.9 Å². The lowest BCUT2D eigenvalue weighted by Gasteiger charge is -2.00. The molecule has 0 fully saturated rings. The summed E-state index contributed by atoms with van der Waals surface area (Å²) < 4.78 is 0. The molecule has 1 N–H and O–H groups in total. The van der Waals surface area contributed by atoms with Crippen LogP contribution in [0.5, 0.6) is 0 Å². The summed E-state index contributed by atoms with van der Waals surface area (Å²) in [6.07, 6.45) is 2.19. The molecule has 0 amide bonds. The summed E-state index contributed by atoms with van der Waals surface area (Å²) in [7, 11) is 0. The largest absolute Gasteiger partial charge is 0.481 e. The number of carboxylic acids is 1. The molecule has 13 heavy (non-hydrogen) atoms. The monoisotopic (exact) mass is 190 g/mol. The fraction of sp³-hybridized carbons (Fsp3) is 0.750. The Morgan fingerprint density at radius 3 is 2.54 bits per heavy atom. The van der Waals surface area contributed by atoms with Crippen molar-refractivity contribution in [3.8, 4) is 0 Å². The Balaban J connectivity index is 3.22. The Hall–Kier alpha value is -1.10. The lowest BCUT2D eigenvalue weighted by molar-refractivity contribution is -0.272. The third-order valence-electron chi connectivity index (χ3n) is 1.28. The van der Waals surface area contributed by atoms with Crippen molar-refractivity contribution in [2.75, 3.05) is 6.61 Å². The van der Waals surface area contributed by atoms with Gasteiger partial charge in [-0.25, -0.2) is 4.79 Å². The average molecular weight is 190 g/mol. The van der Waals surface area contributed by atoms with Crippen LogP contribution < -0.4 is 0 Å². The number of carbonyl (C=O) groups is 2. The van der Waals surface area contributed by atoms with Gasteiger partial charge in [-0.05, 0) is 6.42 Å². The van der Waals surface area contributed by atoms with Gasteiger partial charge in [-0.15, -0.1) is 0 Å². The van der Waals surface area contributed by atoms with Crippen molar-refractivity contribution in [1.82, 2.24) is 0 Å². The second-order valence-corrected chi connectivity index (χ2v) is 2.55. The zero-order valence-electron chi connectivity index (χ0n) is 7.62. The highest BCUT2D eigenvalue weighted by Gasteiger charge is 2.09. The van der Waals surface area contributed by atoms with Crippen LogP contribution in [0.15, 0.2) is 0 Å². The molecule has 0 aliphatic heterocycles. The number of rotatable bonds is 7. The van der Waals surface area contributed by atoms with Gasteiger partial charge in [0.25, 0.3) is 0 Å². The lowest BCUT2D eigenvalue weighted by atomic mass is 10.3. The summed E-state index contributed by atoms with van der Waals surface area (Å²) in [4.78, 5) is 29.2. The van der Waals surface area contributed by atoms with E-state index in [4.69, 9.17) is 5.11 Å². The predicted octanol–water partition coefficient (Wildman–Crippen LogP) is 1.13. The smallest absolute Gasteiger partial charge is 0.353 e. The van der Waals surface area contributed by atoms with Crippen LogP contribution in [0.1, 0.15) is 32.6 Å². The molecule has 0 atom stereocenters. The molecule has 0 heterocycles. The number of carbonyl (C=O) groups excluding carboxylic acids is 1. The van der Waals surface area contributed by atoms with Crippen molar-refractivity contribution >= 4 is 11.9 Å². The second-order valence-electron chi connectivity index (χ2n) is 2.55. The zero-order valence-corrected chi connectivity index (χ0v) is 7.62. The molecule has 0 saturated heterocycles. The molecule has 0 unspecified atom stereocenters. The van der Waals surface area contributed by atoms with Crippen LogP contribution in [0.4, 0.5) is 0 Å². The molecule has 0 bridgehead atoms. The van der Waals surface area contributed by atoms with Crippen molar-refractivity contribution in [2.24, 2.45) is 0 Å². The van der Waals surface area contributed by atoms with Crippen molar-refractivity contribution in [1.29, 1.82) is 0 Å². The number of unbranched alkanes of at least 4 members (excludes halogenated alkanes) is 2. The third kappa shape index (κ3) is 8.81. The maximum absolute atomic E-state index is 10.6. The molecule has 0 spiro atoms. The number of aliphatic carboxylic acids is 1. The molecule has 5 heteroatoms. The van der Waals surface area contributed by atoms with E-state index in [0.717, 1.165) is 19.3 Å². The van der Waals surface area contributed by atoms with Crippen molar-refractivity contribution in [3.05, 3.63) is 0 Å². The minimum atomic E-state index is -1.22. The number of hydrogen-bond donors (Lipinski definition) is 1. The first-order valence-electron chi connectivity index (χ1n) is 4.21. The Bertz CT molecular complexity index is 166. The lowest BCUT2D eigenvalue weighted by Crippen LogP contribution is -2.11. The molecule has 0 rings (SSSR count). The van der Waals surface area contributed by atoms with Crippen LogP contribution in [0.2, 0.25) is 0 Å². The Morgan fingerprint density at radius 2 is 2.00 bits per heavy atom. The molecule has 76 valence electrons. The van der Waals surface area contributed by atoms with Gasteiger partial charge in [0.1, 0.15) is 6.42 Å². The SMILES string of the molecule is CCCCCOOC(=O)CC(=O)O. The van der Waals surface area contributed by atoms with Crippen LogP contribution in [0.3, 0.4) is 0 Å². The minimum Gasteiger partial charge on any atom is -0.481 e. The molecule has 0 aromatic carbocycles. The fourth-order valence-corrected chi connectivity index (χ4v) is 0.671. The van der Waals surface area contributed by atoms with Gasteiger partial charge in [0.2, 0.25) is 0 Å². The molecule has 0 aromatic heterocycles. The molecule has 5 nitrogen and oxygen atoms in total. The summed E-state index contributed by atoms with van der Waals surface area (Å²) in [5, 5.41) is 8.17. The van der Waals surface area contributed by atoms with E-state index in [2.05, 4.69) is 9.78 Å². The van der Waals surface area contributed by atoms with Crippen LogP contribution in [0, 0.1) is 0 Å². The van der Waals surface area contributed by atoms with Gasteiger partial charge in [0, 0.05) is 0 Å². The van der Waals surface area contributed by atoms with Gasteiger partial charge < -0.3 is 5.11 Å². The summed E-state index contributed by atoms with van der Waals surface area (Å²) in [6, 6.07) is 0. The second kappa shape index (κ2) is 7.54. The Morgan fingerprint density at radius 1 is 1.31 bits per heavy atom. The standard InChI is InChI=1S/C8H14O5/c1-2-3-4-5-12-13-8(11)6-7(9)10/h2-6H2,1H3,(H,9,10). The normalized spacial score (nSPS) is 9.62. The van der Waals surface area contributed by atoms with E-state index in [1.54, 1.807) is 0 Å². The van der Waals surface area contributed by atoms with Gasteiger partial charge in [-0.3, -0.25) is 9.68 Å². The number of carboxylic acid groups (broad SMARTS) is 1. The number of hydrogen-bond acceptors (Lipinski definition) is 4. The maximum Gasteiger partial charge on any atom is 0.353 e. The molecular weight excluding hydrogens is 176 g/mol. The first kappa shape index (κ1) is 11.9. The van der Waals surface area contributed by atoms with Gasteiger partial charge in [-0.2, -0.15) is 4.89 Å². The van der Waals surface area contributed by atoms with Crippen LogP contribution in [-0.2, 0) is 19.4 Å². The Labute approximate surface area is 76.6 Å². The van der Waals surface area contributed by atoms with E-state index >= 15 is 0 Å². The van der Waals surface area contributed by atoms with Gasteiger partial charge in [0.05, 0.1) is 6.61 Å². The highest BCUT2D eigenvalue weighted by Crippen LogP contribution is 1.95. The molecule has 0 aliphatic rings. The van der Waals surface area contributed by atoms with Crippen molar-refractivity contribution in [3.63, 3.8) is 0 Å². The van der Waals surface area contributed by atoms with Gasteiger partial charge in [0.15, 0.2) is 0 Å². The zero-order chi connectivity index (χ0) is 10.1. The summed E-state index contributed by atoms with van der Waals surface area (Å²) >= 11 is 0. The topological polar surface area (TPSA) is 72.8 Å². The quantitative estimate of drug-likeness (QED) is 0.282. The molecule has 0 aliphatic carbocycles.